The molecule has 0 spiro atoms. The molecule has 0 fully saturated rings. The first-order valence-corrected chi connectivity index (χ1v) is 4.74. The van der Waals surface area contributed by atoms with Crippen molar-refractivity contribution in [1.29, 1.82) is 0 Å². The molecule has 6 heteroatoms. The van der Waals surface area contributed by atoms with Gasteiger partial charge in [-0.3, -0.25) is 0 Å². The minimum Gasteiger partial charge on any atom is -0.422 e. The Morgan fingerprint density at radius 3 is 3.07 bits per heavy atom. The van der Waals surface area contributed by atoms with Gasteiger partial charge in [0.1, 0.15) is 6.33 Å². The molecule has 0 amide bonds. The number of rotatable bonds is 3. The lowest BCUT2D eigenvalue weighted by molar-refractivity contribution is 0.551. The Balaban J connectivity index is 2.33. The first-order valence-electron chi connectivity index (χ1n) is 4.74. The Morgan fingerprint density at radius 1 is 1.53 bits per heavy atom. The van der Waals surface area contributed by atoms with E-state index < -0.39 is 0 Å². The molecule has 2 aromatic rings. The predicted octanol–water partition coefficient (Wildman–Crippen LogP) is 0.685. The smallest absolute Gasteiger partial charge is 0.252 e. The fourth-order valence-corrected chi connectivity index (χ4v) is 1.25. The lowest BCUT2D eigenvalue weighted by atomic mass is 10.3. The average molecular weight is 207 g/mol. The monoisotopic (exact) mass is 207 g/mol. The molecule has 0 saturated heterocycles. The van der Waals surface area contributed by atoms with Crippen molar-refractivity contribution in [3.05, 3.63) is 12.2 Å². The minimum absolute atomic E-state index is 0.0583. The molecule has 0 aromatic carbocycles. The lowest BCUT2D eigenvalue weighted by Crippen LogP contribution is -2.25. The van der Waals surface area contributed by atoms with Crippen LogP contribution < -0.4 is 11.1 Å². The normalized spacial score (nSPS) is 13.0. The van der Waals surface area contributed by atoms with Gasteiger partial charge >= 0.3 is 0 Å². The van der Waals surface area contributed by atoms with Crippen molar-refractivity contribution in [2.45, 2.75) is 19.9 Å². The zero-order valence-electron chi connectivity index (χ0n) is 8.69. The molecule has 2 aromatic heterocycles. The number of nitrogens with one attached hydrogen (secondary N) is 1. The molecular weight excluding hydrogens is 194 g/mol. The topological polar surface area (TPSA) is 89.9 Å². The summed E-state index contributed by atoms with van der Waals surface area (Å²) >= 11 is 0. The van der Waals surface area contributed by atoms with Gasteiger partial charge in [-0.05, 0) is 6.92 Å². The van der Waals surface area contributed by atoms with Gasteiger partial charge in [-0.2, -0.15) is 4.98 Å². The van der Waals surface area contributed by atoms with E-state index in [0.29, 0.717) is 29.5 Å². The third-order valence-electron chi connectivity index (χ3n) is 1.89. The molecule has 0 aliphatic rings. The molecule has 1 atom stereocenters. The van der Waals surface area contributed by atoms with Gasteiger partial charge < -0.3 is 15.5 Å². The summed E-state index contributed by atoms with van der Waals surface area (Å²) in [7, 11) is 0. The summed E-state index contributed by atoms with van der Waals surface area (Å²) < 4.78 is 5.28. The highest BCUT2D eigenvalue weighted by molar-refractivity contribution is 5.80. The Bertz CT molecular complexity index is 464. The molecule has 15 heavy (non-hydrogen) atoms. The fraction of sp³-hybridized carbons (Fsp3) is 0.444. The van der Waals surface area contributed by atoms with Gasteiger partial charge in [0.05, 0.1) is 0 Å². The van der Waals surface area contributed by atoms with Crippen LogP contribution in [-0.2, 0) is 0 Å². The van der Waals surface area contributed by atoms with E-state index in [1.165, 1.54) is 6.33 Å². The Kier molecular flexibility index (Phi) is 2.51. The van der Waals surface area contributed by atoms with Crippen molar-refractivity contribution in [3.63, 3.8) is 0 Å². The maximum atomic E-state index is 5.64. The zero-order valence-corrected chi connectivity index (χ0v) is 8.69. The van der Waals surface area contributed by atoms with Gasteiger partial charge in [0.2, 0.25) is 0 Å². The summed E-state index contributed by atoms with van der Waals surface area (Å²) in [6.45, 7) is 4.33. The summed E-state index contributed by atoms with van der Waals surface area (Å²) in [5.74, 6) is 1.24. The second-order valence-corrected chi connectivity index (χ2v) is 3.47. The van der Waals surface area contributed by atoms with Gasteiger partial charge in [0.25, 0.3) is 5.71 Å². The molecule has 1 unspecified atom stereocenters. The molecule has 2 heterocycles. The summed E-state index contributed by atoms with van der Waals surface area (Å²) in [6.07, 6.45) is 1.44. The van der Waals surface area contributed by atoms with Crippen LogP contribution in [0.15, 0.2) is 10.7 Å². The standard InChI is InChI=1S/C9H13N5O/c1-5(10)3-11-8-7-9(13-4-12-8)15-6(2)14-7/h4-5H,3,10H2,1-2H3,(H,11,12,13). The van der Waals surface area contributed by atoms with Gasteiger partial charge in [0.15, 0.2) is 17.2 Å². The predicted molar refractivity (Wildman–Crippen MR) is 56.5 cm³/mol. The molecule has 80 valence electrons. The third-order valence-corrected chi connectivity index (χ3v) is 1.89. The highest BCUT2D eigenvalue weighted by Crippen LogP contribution is 2.18. The molecule has 0 aliphatic carbocycles. The van der Waals surface area contributed by atoms with Gasteiger partial charge in [-0.15, -0.1) is 0 Å². The first kappa shape index (κ1) is 9.85. The maximum absolute atomic E-state index is 5.64. The van der Waals surface area contributed by atoms with Crippen LogP contribution in [0.4, 0.5) is 5.82 Å². The molecule has 0 aliphatic heterocycles. The van der Waals surface area contributed by atoms with Crippen molar-refractivity contribution in [2.24, 2.45) is 5.73 Å². The fourth-order valence-electron chi connectivity index (χ4n) is 1.25. The number of nitrogens with zero attached hydrogens (tertiary/aromatic N) is 3. The number of hydrogen-bond donors (Lipinski definition) is 2. The van der Waals surface area contributed by atoms with Crippen LogP contribution in [0.2, 0.25) is 0 Å². The molecular formula is C9H13N5O. The van der Waals surface area contributed by atoms with Crippen LogP contribution in [0.3, 0.4) is 0 Å². The number of anilines is 1. The van der Waals surface area contributed by atoms with Crippen molar-refractivity contribution in [1.82, 2.24) is 15.0 Å². The summed E-state index contributed by atoms with van der Waals surface area (Å²) in [6, 6.07) is 0.0583. The average Bonchev–Trinajstić information content (AvgIpc) is 2.55. The number of nitrogens with two attached hydrogens (primary N) is 1. The van der Waals surface area contributed by atoms with E-state index in [0.717, 1.165) is 0 Å². The largest absolute Gasteiger partial charge is 0.422 e. The first-order chi connectivity index (χ1) is 7.16. The summed E-state index contributed by atoms with van der Waals surface area (Å²) in [4.78, 5) is 12.3. The van der Waals surface area contributed by atoms with E-state index in [2.05, 4.69) is 20.3 Å². The van der Waals surface area contributed by atoms with Crippen LogP contribution in [-0.4, -0.2) is 27.5 Å². The van der Waals surface area contributed by atoms with E-state index >= 15 is 0 Å². The lowest BCUT2D eigenvalue weighted by Gasteiger charge is -2.07. The number of fused-ring (bicyclic) bond motifs is 1. The maximum Gasteiger partial charge on any atom is 0.252 e. The molecule has 0 saturated carbocycles. The van der Waals surface area contributed by atoms with Crippen molar-refractivity contribution in [2.75, 3.05) is 11.9 Å². The highest BCUT2D eigenvalue weighted by atomic mass is 16.4. The van der Waals surface area contributed by atoms with Crippen LogP contribution in [0, 0.1) is 6.92 Å². The third kappa shape index (κ3) is 2.04. The molecule has 3 N–H and O–H groups in total. The van der Waals surface area contributed by atoms with Gasteiger partial charge in [-0.1, -0.05) is 0 Å². The number of hydrogen-bond acceptors (Lipinski definition) is 6. The summed E-state index contributed by atoms with van der Waals surface area (Å²) in [5, 5.41) is 3.10. The number of oxazole rings is 1. The van der Waals surface area contributed by atoms with E-state index in [1.54, 1.807) is 6.92 Å². The minimum atomic E-state index is 0.0583. The Hall–Kier alpha value is -1.69. The molecule has 6 nitrogen and oxygen atoms in total. The number of aryl methyl sites for hydroxylation is 1. The van der Waals surface area contributed by atoms with Crippen molar-refractivity contribution < 1.29 is 4.42 Å². The SMILES string of the molecule is Cc1nc2c(NCC(C)N)ncnc2o1. The summed E-state index contributed by atoms with van der Waals surface area (Å²) in [5.41, 5.74) is 6.78. The van der Waals surface area contributed by atoms with Crippen LogP contribution in [0.1, 0.15) is 12.8 Å². The van der Waals surface area contributed by atoms with E-state index in [-0.39, 0.29) is 6.04 Å². The van der Waals surface area contributed by atoms with Crippen molar-refractivity contribution in [3.8, 4) is 0 Å². The molecule has 2 rings (SSSR count). The second-order valence-electron chi connectivity index (χ2n) is 3.47. The van der Waals surface area contributed by atoms with Gasteiger partial charge in [-0.25, -0.2) is 9.97 Å². The highest BCUT2D eigenvalue weighted by Gasteiger charge is 2.09. The van der Waals surface area contributed by atoms with E-state index in [9.17, 15) is 0 Å². The van der Waals surface area contributed by atoms with E-state index in [4.69, 9.17) is 10.2 Å². The van der Waals surface area contributed by atoms with Crippen LogP contribution in [0.25, 0.3) is 11.2 Å². The van der Waals surface area contributed by atoms with Crippen LogP contribution in [0.5, 0.6) is 0 Å². The Labute approximate surface area is 86.9 Å². The van der Waals surface area contributed by atoms with Gasteiger partial charge in [0, 0.05) is 19.5 Å². The van der Waals surface area contributed by atoms with E-state index in [1.807, 2.05) is 6.92 Å². The van der Waals surface area contributed by atoms with Crippen LogP contribution >= 0.6 is 0 Å². The molecule has 0 radical (unpaired) electrons. The number of aromatic nitrogens is 3. The Morgan fingerprint density at radius 2 is 2.33 bits per heavy atom. The zero-order chi connectivity index (χ0) is 10.8. The second kappa shape index (κ2) is 3.82. The quantitative estimate of drug-likeness (QED) is 0.769. The van der Waals surface area contributed by atoms with Crippen molar-refractivity contribution >= 4 is 17.0 Å². The molecule has 0 bridgehead atoms.